The number of nitrogens with two attached hydrogens (primary N) is 1. The smallest absolute Gasteiger partial charge is 0.308 e. The van der Waals surface area contributed by atoms with Crippen LogP contribution in [0.2, 0.25) is 0 Å². The molecule has 0 saturated heterocycles. The highest BCUT2D eigenvalue weighted by Gasteiger charge is 2.12. The summed E-state index contributed by atoms with van der Waals surface area (Å²) in [5.74, 6) is -0.276. The molecule has 3 nitrogen and oxygen atoms in total. The molecule has 2 rings (SSSR count). The van der Waals surface area contributed by atoms with E-state index in [2.05, 4.69) is 0 Å². The SMILES string of the molecule is Cc1ccc(C(N)CC(=O)OCc2ccccc2)cc1.Cl. The van der Waals surface area contributed by atoms with Crippen LogP contribution in [0.1, 0.15) is 29.2 Å². The third kappa shape index (κ3) is 5.58. The van der Waals surface area contributed by atoms with Gasteiger partial charge in [0, 0.05) is 6.04 Å². The monoisotopic (exact) mass is 305 g/mol. The van der Waals surface area contributed by atoms with E-state index in [4.69, 9.17) is 10.5 Å². The fourth-order valence-corrected chi connectivity index (χ4v) is 1.91. The maximum absolute atomic E-state index is 11.8. The quantitative estimate of drug-likeness (QED) is 0.860. The van der Waals surface area contributed by atoms with Gasteiger partial charge in [-0.1, -0.05) is 60.2 Å². The zero-order valence-electron chi connectivity index (χ0n) is 12.0. The molecule has 0 heterocycles. The van der Waals surface area contributed by atoms with E-state index in [1.165, 1.54) is 5.56 Å². The van der Waals surface area contributed by atoms with Gasteiger partial charge >= 0.3 is 5.97 Å². The van der Waals surface area contributed by atoms with Gasteiger partial charge in [-0.25, -0.2) is 0 Å². The van der Waals surface area contributed by atoms with Crippen LogP contribution < -0.4 is 5.73 Å². The molecule has 2 aromatic rings. The standard InChI is InChI=1S/C17H19NO2.ClH/c1-13-7-9-15(10-8-13)16(18)11-17(19)20-12-14-5-3-2-4-6-14;/h2-10,16H,11-12,18H2,1H3;1H. The summed E-state index contributed by atoms with van der Waals surface area (Å²) in [6, 6.07) is 17.2. The lowest BCUT2D eigenvalue weighted by atomic mass is 10.0. The van der Waals surface area contributed by atoms with Crippen LogP contribution in [0.15, 0.2) is 54.6 Å². The van der Waals surface area contributed by atoms with Gasteiger partial charge in [0.15, 0.2) is 0 Å². The molecule has 1 atom stereocenters. The van der Waals surface area contributed by atoms with Crippen LogP contribution >= 0.6 is 12.4 Å². The number of esters is 1. The third-order valence-electron chi connectivity index (χ3n) is 3.13. The maximum Gasteiger partial charge on any atom is 0.308 e. The Morgan fingerprint density at radius 2 is 1.71 bits per heavy atom. The van der Waals surface area contributed by atoms with Gasteiger partial charge < -0.3 is 10.5 Å². The average Bonchev–Trinajstić information content (AvgIpc) is 2.47. The second-order valence-corrected chi connectivity index (χ2v) is 4.87. The molecule has 112 valence electrons. The summed E-state index contributed by atoms with van der Waals surface area (Å²) in [4.78, 5) is 11.8. The Bertz CT molecular complexity index is 555. The van der Waals surface area contributed by atoms with Crippen LogP contribution in [0.4, 0.5) is 0 Å². The van der Waals surface area contributed by atoms with Crippen LogP contribution in [0.25, 0.3) is 0 Å². The molecule has 0 amide bonds. The number of rotatable bonds is 5. The predicted octanol–water partition coefficient (Wildman–Crippen LogP) is 3.55. The van der Waals surface area contributed by atoms with Crippen LogP contribution in [0, 0.1) is 6.92 Å². The molecule has 0 radical (unpaired) electrons. The fraction of sp³-hybridized carbons (Fsp3) is 0.235. The number of hydrogen-bond acceptors (Lipinski definition) is 3. The number of benzene rings is 2. The molecule has 2 aromatic carbocycles. The van der Waals surface area contributed by atoms with Crippen LogP contribution in [-0.4, -0.2) is 5.97 Å². The molecule has 0 fully saturated rings. The van der Waals surface area contributed by atoms with E-state index in [1.807, 2.05) is 61.5 Å². The molecule has 0 aromatic heterocycles. The van der Waals surface area contributed by atoms with Crippen LogP contribution in [0.3, 0.4) is 0 Å². The molecule has 0 aliphatic heterocycles. The number of halogens is 1. The summed E-state index contributed by atoms with van der Waals surface area (Å²) in [6.45, 7) is 2.31. The van der Waals surface area contributed by atoms with E-state index in [-0.39, 0.29) is 30.8 Å². The molecule has 0 spiro atoms. The summed E-state index contributed by atoms with van der Waals surface area (Å²) in [5, 5.41) is 0. The highest BCUT2D eigenvalue weighted by molar-refractivity contribution is 5.85. The zero-order valence-corrected chi connectivity index (χ0v) is 12.8. The minimum atomic E-state index is -0.320. The van der Waals surface area contributed by atoms with Gasteiger partial charge in [0.25, 0.3) is 0 Å². The van der Waals surface area contributed by atoms with Crippen molar-refractivity contribution in [3.63, 3.8) is 0 Å². The molecule has 0 bridgehead atoms. The molecule has 21 heavy (non-hydrogen) atoms. The van der Waals surface area contributed by atoms with Gasteiger partial charge in [-0.2, -0.15) is 0 Å². The Hall–Kier alpha value is -1.84. The van der Waals surface area contributed by atoms with Crippen molar-refractivity contribution in [2.45, 2.75) is 26.0 Å². The molecular weight excluding hydrogens is 286 g/mol. The Labute approximate surface area is 131 Å². The molecule has 0 aliphatic carbocycles. The first-order valence-electron chi connectivity index (χ1n) is 6.67. The molecular formula is C17H20ClNO2. The van der Waals surface area contributed by atoms with Crippen molar-refractivity contribution in [2.24, 2.45) is 5.73 Å². The predicted molar refractivity (Wildman–Crippen MR) is 86.2 cm³/mol. The summed E-state index contributed by atoms with van der Waals surface area (Å²) in [6.07, 6.45) is 0.190. The third-order valence-corrected chi connectivity index (χ3v) is 3.13. The minimum Gasteiger partial charge on any atom is -0.461 e. The van der Waals surface area contributed by atoms with Crippen molar-refractivity contribution in [3.8, 4) is 0 Å². The normalized spacial score (nSPS) is 11.3. The Kier molecular flexibility index (Phi) is 6.92. The lowest BCUT2D eigenvalue weighted by Crippen LogP contribution is -2.17. The van der Waals surface area contributed by atoms with E-state index in [0.717, 1.165) is 11.1 Å². The second kappa shape index (κ2) is 8.45. The summed E-state index contributed by atoms with van der Waals surface area (Å²) >= 11 is 0. The highest BCUT2D eigenvalue weighted by atomic mass is 35.5. The largest absolute Gasteiger partial charge is 0.461 e. The minimum absolute atomic E-state index is 0. The Morgan fingerprint density at radius 3 is 2.33 bits per heavy atom. The van der Waals surface area contributed by atoms with Crippen molar-refractivity contribution in [1.29, 1.82) is 0 Å². The first kappa shape index (κ1) is 17.2. The van der Waals surface area contributed by atoms with E-state index < -0.39 is 0 Å². The van der Waals surface area contributed by atoms with Gasteiger partial charge in [0.1, 0.15) is 6.61 Å². The van der Waals surface area contributed by atoms with E-state index in [1.54, 1.807) is 0 Å². The van der Waals surface area contributed by atoms with Crippen molar-refractivity contribution < 1.29 is 9.53 Å². The van der Waals surface area contributed by atoms with E-state index in [0.29, 0.717) is 6.61 Å². The van der Waals surface area contributed by atoms with Gasteiger partial charge in [0.05, 0.1) is 6.42 Å². The van der Waals surface area contributed by atoms with Crippen LogP contribution in [0.5, 0.6) is 0 Å². The first-order chi connectivity index (χ1) is 9.65. The second-order valence-electron chi connectivity index (χ2n) is 4.87. The van der Waals surface area contributed by atoms with Gasteiger partial charge in [-0.05, 0) is 18.1 Å². The number of hydrogen-bond donors (Lipinski definition) is 1. The molecule has 4 heteroatoms. The van der Waals surface area contributed by atoms with Gasteiger partial charge in [0.2, 0.25) is 0 Å². The summed E-state index contributed by atoms with van der Waals surface area (Å²) < 4.78 is 5.23. The van der Waals surface area contributed by atoms with Crippen molar-refractivity contribution in [2.75, 3.05) is 0 Å². The van der Waals surface area contributed by atoms with Crippen molar-refractivity contribution >= 4 is 18.4 Å². The van der Waals surface area contributed by atoms with Gasteiger partial charge in [-0.3, -0.25) is 4.79 Å². The lowest BCUT2D eigenvalue weighted by Gasteiger charge is -2.12. The summed E-state index contributed by atoms with van der Waals surface area (Å²) in [7, 11) is 0. The average molecular weight is 306 g/mol. The number of aryl methyl sites for hydroxylation is 1. The summed E-state index contributed by atoms with van der Waals surface area (Å²) in [5.41, 5.74) is 9.12. The van der Waals surface area contributed by atoms with Crippen molar-refractivity contribution in [1.82, 2.24) is 0 Å². The molecule has 2 N–H and O–H groups in total. The number of ether oxygens (including phenoxy) is 1. The molecule has 1 unspecified atom stereocenters. The topological polar surface area (TPSA) is 52.3 Å². The van der Waals surface area contributed by atoms with E-state index >= 15 is 0 Å². The van der Waals surface area contributed by atoms with Crippen LogP contribution in [-0.2, 0) is 16.1 Å². The molecule has 0 saturated carbocycles. The Morgan fingerprint density at radius 1 is 1.10 bits per heavy atom. The molecule has 0 aliphatic rings. The zero-order chi connectivity index (χ0) is 14.4. The van der Waals surface area contributed by atoms with Crippen molar-refractivity contribution in [3.05, 3.63) is 71.3 Å². The maximum atomic E-state index is 11.8. The van der Waals surface area contributed by atoms with Gasteiger partial charge in [-0.15, -0.1) is 12.4 Å². The number of carbonyl (C=O) groups excluding carboxylic acids is 1. The Balaban J connectivity index is 0.00000220. The highest BCUT2D eigenvalue weighted by Crippen LogP contribution is 2.15. The fourth-order valence-electron chi connectivity index (χ4n) is 1.91. The van der Waals surface area contributed by atoms with E-state index in [9.17, 15) is 4.79 Å². The number of carbonyl (C=O) groups is 1. The lowest BCUT2D eigenvalue weighted by molar-refractivity contribution is -0.145. The first-order valence-corrected chi connectivity index (χ1v) is 6.67.